The molecule has 2 saturated heterocycles. The number of sulfonamides is 1. The van der Waals surface area contributed by atoms with Gasteiger partial charge in [-0.15, -0.1) is 0 Å². The molecule has 2 aromatic heterocycles. The number of piperidine rings is 1. The number of aryl methyl sites for hydroxylation is 1. The summed E-state index contributed by atoms with van der Waals surface area (Å²) in [6.07, 6.45) is 3.13. The number of aromatic nitrogens is 4. The minimum atomic E-state index is -4.83. The van der Waals surface area contributed by atoms with Crippen LogP contribution < -0.4 is 29.3 Å². The van der Waals surface area contributed by atoms with Crippen molar-refractivity contribution >= 4 is 44.5 Å². The van der Waals surface area contributed by atoms with Gasteiger partial charge >= 0.3 is 6.18 Å². The third-order valence-electron chi connectivity index (χ3n) is 10.4. The lowest BCUT2D eigenvalue weighted by Gasteiger charge is -2.43. The number of halogens is 3. The number of ether oxygens (including phenoxy) is 2. The molecule has 7 rings (SSSR count). The monoisotopic (exact) mass is 770 g/mol. The van der Waals surface area contributed by atoms with E-state index >= 15 is 0 Å². The van der Waals surface area contributed by atoms with Crippen LogP contribution in [-0.2, 0) is 29.7 Å². The smallest absolute Gasteiger partial charge is 0.421 e. The summed E-state index contributed by atoms with van der Waals surface area (Å²) in [6, 6.07) is 7.42. The van der Waals surface area contributed by atoms with E-state index < -0.39 is 27.6 Å². The second kappa shape index (κ2) is 14.8. The maximum absolute atomic E-state index is 14.4. The van der Waals surface area contributed by atoms with Crippen molar-refractivity contribution in [2.45, 2.75) is 31.5 Å². The molecular weight excluding hydrogens is 726 g/mol. The van der Waals surface area contributed by atoms with Crippen molar-refractivity contribution in [1.29, 1.82) is 0 Å². The van der Waals surface area contributed by atoms with E-state index in [1.165, 1.54) is 20.2 Å². The molecule has 4 aromatic rings. The minimum Gasteiger partial charge on any atom is -0.494 e. The predicted octanol–water partition coefficient (Wildman–Crippen LogP) is 4.94. The summed E-state index contributed by atoms with van der Waals surface area (Å²) >= 11 is 0. The first-order valence-electron chi connectivity index (χ1n) is 17.8. The Bertz CT molecular complexity index is 2110. The molecule has 2 N–H and O–H groups in total. The Kier molecular flexibility index (Phi) is 10.3. The van der Waals surface area contributed by atoms with E-state index in [4.69, 9.17) is 9.47 Å². The number of likely N-dealkylation sites (N-methyl/N-ethyl adjacent to an activating group) is 1. The molecule has 0 amide bonds. The zero-order chi connectivity index (χ0) is 38.4. The van der Waals surface area contributed by atoms with E-state index in [2.05, 4.69) is 47.4 Å². The summed E-state index contributed by atoms with van der Waals surface area (Å²) in [4.78, 5) is 15.6. The lowest BCUT2D eigenvalue weighted by Crippen LogP contribution is -2.52. The summed E-state index contributed by atoms with van der Waals surface area (Å²) in [5.41, 5.74) is 2.93. The normalized spacial score (nSPS) is 17.3. The molecule has 3 aliphatic rings. The summed E-state index contributed by atoms with van der Waals surface area (Å²) in [6.45, 7) is 6.35. The number of hydrogen-bond donors (Lipinski definition) is 2. The minimum absolute atomic E-state index is 0.0657. The number of piperazine rings is 1. The molecule has 14 nitrogen and oxygen atoms in total. The van der Waals surface area contributed by atoms with Crippen molar-refractivity contribution in [1.82, 2.24) is 29.5 Å². The van der Waals surface area contributed by atoms with Crippen LogP contribution in [0.2, 0.25) is 0 Å². The number of nitrogens with one attached hydrogen (secondary N) is 2. The van der Waals surface area contributed by atoms with Gasteiger partial charge in [0.05, 0.1) is 43.2 Å². The average molecular weight is 771 g/mol. The molecule has 0 bridgehead atoms. The second-order valence-corrected chi connectivity index (χ2v) is 16.1. The van der Waals surface area contributed by atoms with Crippen LogP contribution in [0.1, 0.15) is 24.0 Å². The fraction of sp³-hybridized carbons (Fsp3) is 0.472. The summed E-state index contributed by atoms with van der Waals surface area (Å²) in [5, 5.41) is 10.2. The Morgan fingerprint density at radius 3 is 2.37 bits per heavy atom. The molecule has 0 aliphatic carbocycles. The SMILES string of the molecule is COc1cc(N2CCC(N3CCN(C)CC3)CC2)c(-c2cnn(C)c2)cc1Nc1ncc(C(F)(F)F)c(Nc2cc3c(cc2N(C)S(C)(=O)=O)CCO3)n1. The van der Waals surface area contributed by atoms with Gasteiger partial charge in [0.1, 0.15) is 22.9 Å². The molecule has 0 spiro atoms. The third kappa shape index (κ3) is 7.86. The number of anilines is 6. The topological polar surface area (TPSA) is 133 Å². The average Bonchev–Trinajstić information content (AvgIpc) is 3.79. The van der Waals surface area contributed by atoms with E-state index in [1.54, 1.807) is 16.9 Å². The molecule has 18 heteroatoms. The highest BCUT2D eigenvalue weighted by Gasteiger charge is 2.36. The molecule has 2 fully saturated rings. The zero-order valence-corrected chi connectivity index (χ0v) is 31.8. The Balaban J connectivity index is 1.22. The van der Waals surface area contributed by atoms with E-state index in [0.717, 1.165) is 85.0 Å². The van der Waals surface area contributed by atoms with Gasteiger partial charge < -0.3 is 29.9 Å². The van der Waals surface area contributed by atoms with Crippen LogP contribution in [0.5, 0.6) is 11.5 Å². The largest absolute Gasteiger partial charge is 0.494 e. The highest BCUT2D eigenvalue weighted by molar-refractivity contribution is 7.92. The van der Waals surface area contributed by atoms with Crippen molar-refractivity contribution < 1.29 is 31.1 Å². The maximum atomic E-state index is 14.4. The highest BCUT2D eigenvalue weighted by Crippen LogP contribution is 2.44. The van der Waals surface area contributed by atoms with Crippen LogP contribution in [0.25, 0.3) is 11.1 Å². The Labute approximate surface area is 312 Å². The number of methoxy groups -OCH3 is 1. The van der Waals surface area contributed by atoms with Crippen LogP contribution in [0.3, 0.4) is 0 Å². The van der Waals surface area contributed by atoms with Crippen LogP contribution in [0.4, 0.5) is 47.7 Å². The quantitative estimate of drug-likeness (QED) is 0.227. The van der Waals surface area contributed by atoms with Gasteiger partial charge in [0.15, 0.2) is 0 Å². The summed E-state index contributed by atoms with van der Waals surface area (Å²) in [5.74, 6) is 0.176. The summed E-state index contributed by atoms with van der Waals surface area (Å²) in [7, 11) is 3.09. The van der Waals surface area contributed by atoms with E-state index in [0.29, 0.717) is 42.5 Å². The van der Waals surface area contributed by atoms with Gasteiger partial charge in [0.2, 0.25) is 16.0 Å². The van der Waals surface area contributed by atoms with Crippen LogP contribution in [0.15, 0.2) is 42.9 Å². The number of alkyl halides is 3. The first-order chi connectivity index (χ1) is 25.7. The van der Waals surface area contributed by atoms with Crippen LogP contribution in [0, 0.1) is 0 Å². The molecular formula is C36H45F3N10O4S. The van der Waals surface area contributed by atoms with E-state index in [1.807, 2.05) is 25.4 Å². The first kappa shape index (κ1) is 37.5. The predicted molar refractivity (Wildman–Crippen MR) is 202 cm³/mol. The highest BCUT2D eigenvalue weighted by atomic mass is 32.2. The van der Waals surface area contributed by atoms with Gasteiger partial charge in [-0.05, 0) is 37.6 Å². The second-order valence-electron chi connectivity index (χ2n) is 14.0. The molecule has 5 heterocycles. The van der Waals surface area contributed by atoms with Gasteiger partial charge in [0, 0.05) is 107 Å². The standard InChI is InChI=1S/C36H45F3N10O4S/c1-45-11-13-48(14-12-45)25-6-9-49(10-7-25)30-19-33(52-4)29(17-26(30)24-20-41-46(2)22-24)43-35-40-21-27(36(37,38)39)34(44-35)42-28-18-32-23(8-15-53-32)16-31(28)47(3)54(5,50)51/h16-22,25H,6-15H2,1-5H3,(H2,40,42,43,44). The lowest BCUT2D eigenvalue weighted by molar-refractivity contribution is -0.137. The Morgan fingerprint density at radius 1 is 0.981 bits per heavy atom. The number of nitrogens with zero attached hydrogens (tertiary/aromatic N) is 8. The van der Waals surface area contributed by atoms with Crippen molar-refractivity contribution in [3.8, 4) is 22.6 Å². The van der Waals surface area contributed by atoms with Crippen molar-refractivity contribution in [2.24, 2.45) is 7.05 Å². The maximum Gasteiger partial charge on any atom is 0.421 e. The molecule has 2 aromatic carbocycles. The first-order valence-corrected chi connectivity index (χ1v) is 19.6. The van der Waals surface area contributed by atoms with Crippen molar-refractivity contribution in [2.75, 3.05) is 93.2 Å². The molecule has 3 aliphatic heterocycles. The van der Waals surface area contributed by atoms with Gasteiger partial charge in [-0.2, -0.15) is 23.3 Å². The Hall–Kier alpha value is -4.81. The van der Waals surface area contributed by atoms with E-state index in [-0.39, 0.29) is 17.3 Å². The van der Waals surface area contributed by atoms with Crippen molar-refractivity contribution in [3.05, 3.63) is 54.0 Å². The third-order valence-corrected chi connectivity index (χ3v) is 11.6. The van der Waals surface area contributed by atoms with Crippen LogP contribution >= 0.6 is 0 Å². The van der Waals surface area contributed by atoms with Gasteiger partial charge in [-0.25, -0.2) is 13.4 Å². The van der Waals surface area contributed by atoms with Gasteiger partial charge in [0.25, 0.3) is 0 Å². The lowest BCUT2D eigenvalue weighted by atomic mass is 9.98. The molecule has 0 unspecified atom stereocenters. The Morgan fingerprint density at radius 2 is 1.72 bits per heavy atom. The van der Waals surface area contributed by atoms with Gasteiger partial charge in [-0.3, -0.25) is 13.9 Å². The molecule has 0 atom stereocenters. The number of fused-ring (bicyclic) bond motifs is 1. The molecule has 54 heavy (non-hydrogen) atoms. The number of benzene rings is 2. The molecule has 0 saturated carbocycles. The van der Waals surface area contributed by atoms with Crippen molar-refractivity contribution in [3.63, 3.8) is 0 Å². The van der Waals surface area contributed by atoms with Gasteiger partial charge in [-0.1, -0.05) is 0 Å². The number of rotatable bonds is 10. The fourth-order valence-corrected chi connectivity index (χ4v) is 7.80. The zero-order valence-electron chi connectivity index (χ0n) is 30.9. The van der Waals surface area contributed by atoms with E-state index in [9.17, 15) is 21.6 Å². The molecule has 0 radical (unpaired) electrons. The summed E-state index contributed by atoms with van der Waals surface area (Å²) < 4.78 is 82.5. The molecule has 290 valence electrons. The van der Waals surface area contributed by atoms with Crippen LogP contribution in [-0.4, -0.2) is 117 Å². The fourth-order valence-electron chi connectivity index (χ4n) is 7.29. The number of hydrogen-bond acceptors (Lipinski definition) is 12.